The van der Waals surface area contributed by atoms with E-state index >= 15 is 0 Å². The molecule has 0 radical (unpaired) electrons. The van der Waals surface area contributed by atoms with E-state index in [4.69, 9.17) is 60.6 Å². The summed E-state index contributed by atoms with van der Waals surface area (Å²) in [4.78, 5) is 88.1. The first-order chi connectivity index (χ1) is 62.7. The smallest absolute Gasteiger partial charge is 0.490 e. The molecular formula is C94H93BBr2ClN15O16. The number of carbonyl (C=O) groups is 2. The molecule has 10 heterocycles. The van der Waals surface area contributed by atoms with E-state index < -0.39 is 28.9 Å². The Bertz CT molecular complexity index is 5810. The molecule has 4 aromatic carbocycles. The molecule has 664 valence electrons. The number of aliphatic hydroxyl groups is 1. The van der Waals surface area contributed by atoms with Crippen molar-refractivity contribution in [2.75, 3.05) is 29.8 Å². The normalized spacial score (nSPS) is 13.7. The van der Waals surface area contributed by atoms with Gasteiger partial charge in [-0.1, -0.05) is 133 Å². The minimum absolute atomic E-state index is 0.0607. The number of hydrogen-bond donors (Lipinski definition) is 6. The van der Waals surface area contributed by atoms with Crippen LogP contribution in [0.1, 0.15) is 120 Å². The van der Waals surface area contributed by atoms with Gasteiger partial charge in [-0.05, 0) is 168 Å². The Kier molecular flexibility index (Phi) is 33.4. The number of pyridine rings is 8. The molecule has 129 heavy (non-hydrogen) atoms. The van der Waals surface area contributed by atoms with Gasteiger partial charge in [0.25, 0.3) is 0 Å². The maximum absolute atomic E-state index is 12.7. The summed E-state index contributed by atoms with van der Waals surface area (Å²) >= 11 is 12.2. The number of fused-ring (bicyclic) bond motifs is 2. The monoisotopic (exact) mass is 1890 g/mol. The molecule has 0 unspecified atom stereocenters. The van der Waals surface area contributed by atoms with E-state index in [1.807, 2.05) is 121 Å². The Balaban J connectivity index is 0.000000137. The summed E-state index contributed by atoms with van der Waals surface area (Å²) in [6.07, 6.45) is 37.1. The molecule has 0 spiro atoms. The van der Waals surface area contributed by atoms with E-state index in [-0.39, 0.29) is 45.9 Å². The first-order valence-electron chi connectivity index (χ1n) is 41.6. The molecule has 31 nitrogen and oxygen atoms in total. The van der Waals surface area contributed by atoms with Gasteiger partial charge in [0.15, 0.2) is 11.6 Å². The summed E-state index contributed by atoms with van der Waals surface area (Å²) in [5.74, 6) is 4.05. The molecule has 6 fully saturated rings. The first kappa shape index (κ1) is 93.1. The zero-order valence-corrected chi connectivity index (χ0v) is 74.3. The van der Waals surface area contributed by atoms with Crippen molar-refractivity contribution in [1.82, 2.24) is 49.8 Å². The van der Waals surface area contributed by atoms with Crippen LogP contribution in [0.3, 0.4) is 0 Å². The minimum atomic E-state index is -1.71. The van der Waals surface area contributed by atoms with Crippen LogP contribution in [0.4, 0.5) is 28.7 Å². The number of nitrogens with zero attached hydrogens (tertiary/aromatic N) is 12. The number of hydrogen-bond acceptors (Lipinski definition) is 27. The number of anilines is 3. The van der Waals surface area contributed by atoms with Crippen LogP contribution in [0, 0.1) is 20.2 Å². The number of nitrogens with two attached hydrogens (primary N) is 1. The highest BCUT2D eigenvalue weighted by Gasteiger charge is 2.31. The van der Waals surface area contributed by atoms with Crippen LogP contribution in [0.5, 0.6) is 28.7 Å². The molecule has 0 saturated heterocycles. The molecule has 6 aliphatic carbocycles. The van der Waals surface area contributed by atoms with Crippen molar-refractivity contribution >= 4 is 119 Å². The van der Waals surface area contributed by atoms with Gasteiger partial charge in [0.05, 0.1) is 115 Å². The second-order valence-electron chi connectivity index (χ2n) is 30.4. The van der Waals surface area contributed by atoms with Crippen molar-refractivity contribution < 1.29 is 67.7 Å². The Labute approximate surface area is 765 Å². The van der Waals surface area contributed by atoms with Crippen LogP contribution in [-0.4, -0.2) is 145 Å². The molecule has 6 aliphatic rings. The van der Waals surface area contributed by atoms with Crippen LogP contribution in [0.25, 0.3) is 33.1 Å². The van der Waals surface area contributed by atoms with Gasteiger partial charge in [-0.3, -0.25) is 50.1 Å². The third-order valence-electron chi connectivity index (χ3n) is 19.8. The lowest BCUT2D eigenvalue weighted by Gasteiger charge is -2.25. The molecule has 0 amide bonds. The number of rotatable bonds is 26. The molecule has 6 saturated carbocycles. The highest BCUT2D eigenvalue weighted by atomic mass is 79.9. The van der Waals surface area contributed by atoms with Gasteiger partial charge in [0.1, 0.15) is 40.4 Å². The second-order valence-corrected chi connectivity index (χ2v) is 32.5. The molecule has 10 aromatic heterocycles. The van der Waals surface area contributed by atoms with Gasteiger partial charge < -0.3 is 73.8 Å². The van der Waals surface area contributed by atoms with Gasteiger partial charge in [-0.2, -0.15) is 0 Å². The maximum Gasteiger partial charge on any atom is 0.505 e. The Morgan fingerprint density at radius 1 is 0.457 bits per heavy atom. The van der Waals surface area contributed by atoms with Crippen molar-refractivity contribution in [3.05, 3.63) is 324 Å². The van der Waals surface area contributed by atoms with E-state index in [1.54, 1.807) is 67.9 Å². The average molecular weight is 1890 g/mol. The van der Waals surface area contributed by atoms with E-state index in [0.29, 0.717) is 78.2 Å². The lowest BCUT2D eigenvalue weighted by Crippen LogP contribution is -2.30. The predicted molar refractivity (Wildman–Crippen MR) is 496 cm³/mol. The highest BCUT2D eigenvalue weighted by molar-refractivity contribution is 9.11. The number of ether oxygens (including phenoxy) is 7. The highest BCUT2D eigenvalue weighted by Crippen LogP contribution is 2.41. The summed E-state index contributed by atoms with van der Waals surface area (Å²) in [7, 11) is 0.978. The van der Waals surface area contributed by atoms with Crippen LogP contribution < -0.4 is 44.8 Å². The van der Waals surface area contributed by atoms with Crippen LogP contribution in [0.2, 0.25) is 5.02 Å². The van der Waals surface area contributed by atoms with Crippen LogP contribution >= 0.6 is 43.5 Å². The van der Waals surface area contributed by atoms with Gasteiger partial charge >= 0.3 is 30.4 Å². The summed E-state index contributed by atoms with van der Waals surface area (Å²) in [5.41, 5.74) is 14.3. The number of H-pyrrole nitrogens is 2. The van der Waals surface area contributed by atoms with Crippen LogP contribution in [0.15, 0.2) is 266 Å². The van der Waals surface area contributed by atoms with E-state index in [0.717, 1.165) is 140 Å². The Hall–Kier alpha value is -13.5. The van der Waals surface area contributed by atoms with Crippen molar-refractivity contribution in [3.8, 4) is 40.0 Å². The number of nitrogen functional groups attached to an aromatic ring is 1. The van der Waals surface area contributed by atoms with E-state index in [1.165, 1.54) is 76.8 Å². The van der Waals surface area contributed by atoms with Crippen molar-refractivity contribution in [1.29, 1.82) is 0 Å². The molecule has 14 aromatic rings. The minimum Gasteiger partial charge on any atom is -0.490 e. The quantitative estimate of drug-likeness (QED) is 0.0127. The number of halogens is 3. The second kappa shape index (κ2) is 46.3. The van der Waals surface area contributed by atoms with Crippen LogP contribution in [-0.2, 0) is 35.7 Å². The van der Waals surface area contributed by atoms with Gasteiger partial charge in [0.2, 0.25) is 5.75 Å². The molecule has 0 bridgehead atoms. The third kappa shape index (κ3) is 28.8. The summed E-state index contributed by atoms with van der Waals surface area (Å²) in [6.45, 7) is 2.44. The Morgan fingerprint density at radius 3 is 1.17 bits per heavy atom. The largest absolute Gasteiger partial charge is 0.505 e. The number of esters is 2. The summed E-state index contributed by atoms with van der Waals surface area (Å²) in [5, 5.41) is 49.5. The third-order valence-corrected chi connectivity index (χ3v) is 21.3. The molecule has 7 N–H and O–H groups in total. The van der Waals surface area contributed by atoms with Crippen molar-refractivity contribution in [3.63, 3.8) is 0 Å². The molecular weight excluding hydrogens is 1800 g/mol. The molecule has 20 rings (SSSR count). The van der Waals surface area contributed by atoms with E-state index in [2.05, 4.69) is 111 Å². The zero-order chi connectivity index (χ0) is 90.5. The molecule has 35 heteroatoms. The van der Waals surface area contributed by atoms with Gasteiger partial charge in [-0.25, -0.2) is 19.6 Å². The molecule has 0 atom stereocenters. The fourth-order valence-corrected chi connectivity index (χ4v) is 13.1. The standard InChI is InChI=1S/C31H28N4O3.C23H22BN3O4.2C8H8BrNO.C8H8N2O3.C8H10N2O.C5H3ClN2O2.C3H6O/c1-37-31(36)25-18-33-30(35(19-21-8-4-2-5-9-21)20-22-10-6-3-7-11-22)29-24(25)16-27(34-29)26-17-32-15-14-28(26)38-23-12-13-23;1-31-23(28)19-13-25-22(21-18(19)12-20(26-21)24(29)30)27(14-16-8-4-2-5-9-16)15-17-10-6-3-7-11-17;2*9-7-5-10-4-3-8(7)11-6-1-2-6;11-10(12)7-5-9-4-3-8(7)13-6-1-2-6;9-7-5-10-4-3-8(7)11-6-1-2-6;6-4-1-2-7-3-5(4)8(9)10;4-3-1-2-3/h2-11,14-18,23,34H,12-13,19-20H2,1H3;2-13,26,29-30H,14-15H2,1H3;2*3-6H,1-2H2;3-6H,1-2H2;3-6H,1-2,9H2;1-3H;3-4H,1-2H2. The SMILES string of the molecule is Brc1cnccc1OC1CC1.Brc1cnccc1OC1CC1.COC(=O)c1cnc(N(Cc2ccccc2)Cc2ccccc2)c2[nH]c(-c3cnccc3OC3CC3)cc12.COC(=O)c1cnc(N(Cc2ccccc2)Cc2ccccc2)c2[nH]c(B(O)O)cc12.Nc1cnccc1OC1CC1.O=[N+]([O-])c1cnccc1Cl.O=[N+]([O-])c1cnccc1OC1CC1.OC1CC1. The number of methoxy groups -OCH3 is 2. The summed E-state index contributed by atoms with van der Waals surface area (Å²) in [6, 6.07) is 54.4. The fourth-order valence-electron chi connectivity index (χ4n) is 12.3. The number of carbonyl (C=O) groups excluding carboxylic acids is 2. The number of nitrogens with one attached hydrogen (secondary N) is 2. The average Bonchev–Trinajstić information content (AvgIpc) is 1.61. The topological polar surface area (TPSA) is 413 Å². The lowest BCUT2D eigenvalue weighted by molar-refractivity contribution is -0.386. The van der Waals surface area contributed by atoms with Gasteiger partial charge in [-0.15, -0.1) is 0 Å². The van der Waals surface area contributed by atoms with E-state index in [9.17, 15) is 39.9 Å². The Morgan fingerprint density at radius 2 is 0.798 bits per heavy atom. The fraction of sp³-hybridized carbons (Fsp3) is 0.255. The maximum atomic E-state index is 12.7. The number of aromatic nitrogens is 10. The van der Waals surface area contributed by atoms with Crippen molar-refractivity contribution in [2.24, 2.45) is 0 Å². The number of benzene rings is 4. The molecule has 0 aliphatic heterocycles. The van der Waals surface area contributed by atoms with Gasteiger partial charge in [0, 0.05) is 123 Å². The first-order valence-corrected chi connectivity index (χ1v) is 43.6. The lowest BCUT2D eigenvalue weighted by atomic mass is 9.86. The zero-order valence-electron chi connectivity index (χ0n) is 70.3. The number of aromatic amines is 2. The predicted octanol–water partition coefficient (Wildman–Crippen LogP) is 17.7. The number of aliphatic hydroxyl groups excluding tert-OH is 1. The number of nitro groups is 2. The summed E-state index contributed by atoms with van der Waals surface area (Å²) < 4.78 is 40.0. The van der Waals surface area contributed by atoms with Crippen molar-refractivity contribution in [2.45, 2.75) is 140 Å².